The molecule has 0 spiro atoms. The number of anilines is 2. The molecule has 6 heteroatoms. The van der Waals surface area contributed by atoms with Gasteiger partial charge in [0.25, 0.3) is 0 Å². The van der Waals surface area contributed by atoms with Crippen molar-refractivity contribution in [2.24, 2.45) is 0 Å². The van der Waals surface area contributed by atoms with Crippen LogP contribution in [0.1, 0.15) is 5.56 Å². The molecular formula is C13H13N5O. The van der Waals surface area contributed by atoms with Crippen LogP contribution < -0.4 is 11.1 Å². The van der Waals surface area contributed by atoms with Crippen molar-refractivity contribution in [3.8, 4) is 0 Å². The lowest BCUT2D eigenvalue weighted by molar-refractivity contribution is 0.316. The summed E-state index contributed by atoms with van der Waals surface area (Å²) in [6.07, 6.45) is 4.48. The first-order valence-electron chi connectivity index (χ1n) is 5.98. The number of nitrogens with one attached hydrogen (secondary N) is 1. The van der Waals surface area contributed by atoms with Gasteiger partial charge in [0, 0.05) is 18.9 Å². The van der Waals surface area contributed by atoms with Gasteiger partial charge < -0.3 is 11.1 Å². The van der Waals surface area contributed by atoms with Gasteiger partial charge in [-0.3, -0.25) is 4.98 Å². The third-order valence-corrected chi connectivity index (χ3v) is 2.93. The van der Waals surface area contributed by atoms with Crippen LogP contribution >= 0.6 is 0 Å². The Morgan fingerprint density at radius 3 is 2.68 bits per heavy atom. The van der Waals surface area contributed by atoms with Crippen LogP contribution in [0.15, 0.2) is 41.3 Å². The highest BCUT2D eigenvalue weighted by atomic mass is 16.6. The molecule has 0 amide bonds. The molecule has 0 saturated heterocycles. The van der Waals surface area contributed by atoms with Gasteiger partial charge in [0.1, 0.15) is 0 Å². The summed E-state index contributed by atoms with van der Waals surface area (Å²) in [4.78, 5) is 3.99. The molecule has 0 bridgehead atoms. The fraction of sp³-hybridized carbons (Fsp3) is 0.154. The Hall–Kier alpha value is -2.63. The average molecular weight is 255 g/mol. The van der Waals surface area contributed by atoms with Crippen LogP contribution in [0.25, 0.3) is 11.0 Å². The van der Waals surface area contributed by atoms with Crippen molar-refractivity contribution in [3.05, 3.63) is 42.2 Å². The van der Waals surface area contributed by atoms with Crippen LogP contribution in [0.5, 0.6) is 0 Å². The van der Waals surface area contributed by atoms with Gasteiger partial charge in [0.15, 0.2) is 11.0 Å². The molecule has 2 heterocycles. The van der Waals surface area contributed by atoms with E-state index in [2.05, 4.69) is 20.6 Å². The van der Waals surface area contributed by atoms with Crippen molar-refractivity contribution in [2.45, 2.75) is 6.42 Å². The summed E-state index contributed by atoms with van der Waals surface area (Å²) in [5.74, 6) is 0. The fourth-order valence-corrected chi connectivity index (χ4v) is 1.92. The maximum absolute atomic E-state index is 5.79. The third kappa shape index (κ3) is 2.33. The number of benzene rings is 1. The lowest BCUT2D eigenvalue weighted by atomic mass is 10.2. The molecule has 0 aliphatic heterocycles. The lowest BCUT2D eigenvalue weighted by Gasteiger charge is -2.06. The molecule has 1 aromatic carbocycles. The van der Waals surface area contributed by atoms with E-state index in [1.54, 1.807) is 18.5 Å². The van der Waals surface area contributed by atoms with E-state index in [1.807, 2.05) is 18.2 Å². The van der Waals surface area contributed by atoms with Crippen LogP contribution in [-0.4, -0.2) is 21.8 Å². The summed E-state index contributed by atoms with van der Waals surface area (Å²) in [5.41, 5.74) is 9.71. The number of fused-ring (bicyclic) bond motifs is 1. The molecule has 0 atom stereocenters. The van der Waals surface area contributed by atoms with Crippen LogP contribution in [0.4, 0.5) is 11.4 Å². The van der Waals surface area contributed by atoms with Crippen molar-refractivity contribution in [2.75, 3.05) is 17.6 Å². The topological polar surface area (TPSA) is 89.9 Å². The Balaban J connectivity index is 1.72. The quantitative estimate of drug-likeness (QED) is 0.691. The zero-order chi connectivity index (χ0) is 13.1. The van der Waals surface area contributed by atoms with Crippen LogP contribution in [0.3, 0.4) is 0 Å². The van der Waals surface area contributed by atoms with E-state index in [4.69, 9.17) is 10.4 Å². The standard InChI is InChI=1S/C13H13N5O/c14-10-1-2-11(13-12(10)17-19-18-13)16-8-5-9-3-6-15-7-4-9/h1-4,6-7,16H,5,8,14H2. The van der Waals surface area contributed by atoms with Gasteiger partial charge in [-0.1, -0.05) is 0 Å². The Kier molecular flexibility index (Phi) is 2.97. The van der Waals surface area contributed by atoms with E-state index in [0.29, 0.717) is 16.7 Å². The Morgan fingerprint density at radius 1 is 1.05 bits per heavy atom. The zero-order valence-corrected chi connectivity index (χ0v) is 10.2. The second-order valence-corrected chi connectivity index (χ2v) is 4.20. The first kappa shape index (κ1) is 11.5. The highest BCUT2D eigenvalue weighted by Gasteiger charge is 2.09. The molecule has 0 aliphatic rings. The predicted octanol–water partition coefficient (Wildman–Crippen LogP) is 1.85. The minimum Gasteiger partial charge on any atom is -0.397 e. The molecule has 96 valence electrons. The van der Waals surface area contributed by atoms with Gasteiger partial charge in [0.2, 0.25) is 0 Å². The van der Waals surface area contributed by atoms with Gasteiger partial charge in [-0.05, 0) is 46.6 Å². The highest BCUT2D eigenvalue weighted by molar-refractivity contribution is 5.94. The number of hydrogen-bond donors (Lipinski definition) is 2. The van der Waals surface area contributed by atoms with E-state index in [0.717, 1.165) is 18.7 Å². The minimum absolute atomic E-state index is 0.566. The number of hydrogen-bond acceptors (Lipinski definition) is 6. The monoisotopic (exact) mass is 255 g/mol. The summed E-state index contributed by atoms with van der Waals surface area (Å²) in [6, 6.07) is 7.67. The zero-order valence-electron chi connectivity index (χ0n) is 10.2. The first-order valence-corrected chi connectivity index (χ1v) is 5.98. The molecule has 3 N–H and O–H groups in total. The van der Waals surface area contributed by atoms with Crippen molar-refractivity contribution < 1.29 is 4.63 Å². The second-order valence-electron chi connectivity index (χ2n) is 4.20. The average Bonchev–Trinajstić information content (AvgIpc) is 2.93. The van der Waals surface area contributed by atoms with Crippen molar-refractivity contribution in [1.82, 2.24) is 15.3 Å². The van der Waals surface area contributed by atoms with E-state index in [9.17, 15) is 0 Å². The van der Waals surface area contributed by atoms with Gasteiger partial charge in [0.05, 0.1) is 11.4 Å². The molecule has 0 saturated carbocycles. The molecule has 0 aliphatic carbocycles. The van der Waals surface area contributed by atoms with Crippen LogP contribution in [0, 0.1) is 0 Å². The maximum atomic E-state index is 5.79. The molecule has 3 aromatic rings. The summed E-state index contributed by atoms with van der Waals surface area (Å²) in [7, 11) is 0. The normalized spacial score (nSPS) is 10.7. The van der Waals surface area contributed by atoms with Gasteiger partial charge in [-0.2, -0.15) is 0 Å². The SMILES string of the molecule is Nc1ccc(NCCc2ccncc2)c2nonc12. The van der Waals surface area contributed by atoms with Crippen LogP contribution in [0.2, 0.25) is 0 Å². The fourth-order valence-electron chi connectivity index (χ4n) is 1.92. The molecule has 19 heavy (non-hydrogen) atoms. The molecule has 3 rings (SSSR count). The van der Waals surface area contributed by atoms with Crippen molar-refractivity contribution in [1.29, 1.82) is 0 Å². The first-order chi connectivity index (χ1) is 9.34. The molecule has 0 radical (unpaired) electrons. The summed E-state index contributed by atoms with van der Waals surface area (Å²) < 4.78 is 4.72. The molecular weight excluding hydrogens is 242 g/mol. The van der Waals surface area contributed by atoms with Crippen molar-refractivity contribution >= 4 is 22.4 Å². The highest BCUT2D eigenvalue weighted by Crippen LogP contribution is 2.24. The van der Waals surface area contributed by atoms with E-state index >= 15 is 0 Å². The Bertz CT molecular complexity index is 680. The second kappa shape index (κ2) is 4.93. The number of nitrogen functional groups attached to an aromatic ring is 1. The van der Waals surface area contributed by atoms with Gasteiger partial charge >= 0.3 is 0 Å². The molecule has 2 aromatic heterocycles. The smallest absolute Gasteiger partial charge is 0.160 e. The Morgan fingerprint density at radius 2 is 1.84 bits per heavy atom. The van der Waals surface area contributed by atoms with Crippen molar-refractivity contribution in [3.63, 3.8) is 0 Å². The van der Waals surface area contributed by atoms with E-state index in [-0.39, 0.29) is 0 Å². The van der Waals surface area contributed by atoms with E-state index < -0.39 is 0 Å². The number of aromatic nitrogens is 3. The number of nitrogens with two attached hydrogens (primary N) is 1. The largest absolute Gasteiger partial charge is 0.397 e. The number of nitrogens with zero attached hydrogens (tertiary/aromatic N) is 3. The number of pyridine rings is 1. The minimum atomic E-state index is 0.566. The third-order valence-electron chi connectivity index (χ3n) is 2.93. The van der Waals surface area contributed by atoms with Gasteiger partial charge in [-0.15, -0.1) is 0 Å². The molecule has 0 fully saturated rings. The Labute approximate surface area is 109 Å². The molecule has 0 unspecified atom stereocenters. The molecule has 6 nitrogen and oxygen atoms in total. The van der Waals surface area contributed by atoms with E-state index in [1.165, 1.54) is 5.56 Å². The summed E-state index contributed by atoms with van der Waals surface area (Å²) in [5, 5.41) is 11.0. The maximum Gasteiger partial charge on any atom is 0.160 e. The number of rotatable bonds is 4. The summed E-state index contributed by atoms with van der Waals surface area (Å²) in [6.45, 7) is 0.788. The van der Waals surface area contributed by atoms with Crippen LogP contribution in [-0.2, 0) is 6.42 Å². The predicted molar refractivity (Wildman–Crippen MR) is 72.6 cm³/mol. The van der Waals surface area contributed by atoms with Gasteiger partial charge in [-0.25, -0.2) is 4.63 Å². The lowest BCUT2D eigenvalue weighted by Crippen LogP contribution is -2.05. The summed E-state index contributed by atoms with van der Waals surface area (Å²) >= 11 is 0.